The van der Waals surface area contributed by atoms with Crippen LogP contribution in [-0.2, 0) is 6.54 Å². The van der Waals surface area contributed by atoms with Gasteiger partial charge in [0.2, 0.25) is 0 Å². The third-order valence-corrected chi connectivity index (χ3v) is 4.98. The molecule has 150 valence electrons. The van der Waals surface area contributed by atoms with Crippen molar-refractivity contribution in [1.29, 1.82) is 0 Å². The maximum Gasteiger partial charge on any atom is 0.255 e. The van der Waals surface area contributed by atoms with Gasteiger partial charge in [-0.05, 0) is 55.0 Å². The number of nitrogens with zero attached hydrogens (tertiary/aromatic N) is 3. The molecule has 0 unspecified atom stereocenters. The van der Waals surface area contributed by atoms with Crippen molar-refractivity contribution in [2.75, 3.05) is 36.4 Å². The highest BCUT2D eigenvalue weighted by atomic mass is 19.1. The molecule has 0 spiro atoms. The van der Waals surface area contributed by atoms with Crippen LogP contribution in [0.3, 0.4) is 0 Å². The fraction of sp³-hybridized carbons (Fsp3) is 0.273. The second-order valence-corrected chi connectivity index (χ2v) is 7.06. The largest absolute Gasteiger partial charge is 0.468 e. The third-order valence-electron chi connectivity index (χ3n) is 4.98. The number of carbonyl (C=O) groups excluding carboxylic acids is 1. The van der Waals surface area contributed by atoms with Crippen LogP contribution in [0.1, 0.15) is 22.5 Å². The molecule has 0 aliphatic carbocycles. The van der Waals surface area contributed by atoms with Gasteiger partial charge >= 0.3 is 0 Å². The fourth-order valence-corrected chi connectivity index (χ4v) is 3.43. The highest BCUT2D eigenvalue weighted by molar-refractivity contribution is 6.04. The topological polar surface area (TPSA) is 61.6 Å². The van der Waals surface area contributed by atoms with Crippen LogP contribution in [0.5, 0.6) is 0 Å². The molecule has 1 N–H and O–H groups in total. The quantitative estimate of drug-likeness (QED) is 0.714. The maximum atomic E-state index is 13.0. The predicted molar refractivity (Wildman–Crippen MR) is 109 cm³/mol. The van der Waals surface area contributed by atoms with Crippen LogP contribution >= 0.6 is 0 Å². The first-order valence-electron chi connectivity index (χ1n) is 9.70. The van der Waals surface area contributed by atoms with Gasteiger partial charge in [-0.15, -0.1) is 0 Å². The maximum absolute atomic E-state index is 13.0. The van der Waals surface area contributed by atoms with Crippen molar-refractivity contribution in [2.24, 2.45) is 0 Å². The Bertz CT molecular complexity index is 926. The Kier molecular flexibility index (Phi) is 5.86. The van der Waals surface area contributed by atoms with Gasteiger partial charge in [0.25, 0.3) is 5.91 Å². The minimum Gasteiger partial charge on any atom is -0.468 e. The summed E-state index contributed by atoms with van der Waals surface area (Å²) in [7, 11) is 0. The van der Waals surface area contributed by atoms with E-state index in [2.05, 4.69) is 20.1 Å². The van der Waals surface area contributed by atoms with Gasteiger partial charge in [0.05, 0.1) is 24.7 Å². The van der Waals surface area contributed by atoms with E-state index in [0.29, 0.717) is 11.3 Å². The normalized spacial score (nSPS) is 15.1. The summed E-state index contributed by atoms with van der Waals surface area (Å²) in [5.74, 6) is 1.22. The van der Waals surface area contributed by atoms with Gasteiger partial charge in [-0.1, -0.05) is 0 Å². The van der Waals surface area contributed by atoms with Gasteiger partial charge < -0.3 is 14.6 Å². The molecule has 1 fully saturated rings. The molecule has 1 aliphatic rings. The van der Waals surface area contributed by atoms with Gasteiger partial charge in [0.1, 0.15) is 17.4 Å². The Balaban J connectivity index is 1.33. The van der Waals surface area contributed by atoms with Crippen molar-refractivity contribution in [3.05, 3.63) is 78.1 Å². The first-order valence-corrected chi connectivity index (χ1v) is 9.70. The minimum absolute atomic E-state index is 0.289. The number of hydrogen-bond acceptors (Lipinski definition) is 5. The fourth-order valence-electron chi connectivity index (χ4n) is 3.43. The van der Waals surface area contributed by atoms with E-state index in [4.69, 9.17) is 4.42 Å². The highest BCUT2D eigenvalue weighted by Gasteiger charge is 2.17. The number of benzene rings is 1. The van der Waals surface area contributed by atoms with Crippen LogP contribution in [0.15, 0.2) is 65.4 Å². The molecule has 0 atom stereocenters. The highest BCUT2D eigenvalue weighted by Crippen LogP contribution is 2.18. The summed E-state index contributed by atoms with van der Waals surface area (Å²) in [6.07, 6.45) is 4.41. The Morgan fingerprint density at radius 3 is 2.66 bits per heavy atom. The number of aromatic nitrogens is 1. The lowest BCUT2D eigenvalue weighted by Gasteiger charge is -2.22. The second kappa shape index (κ2) is 8.87. The van der Waals surface area contributed by atoms with Crippen LogP contribution in [0, 0.1) is 5.82 Å². The summed E-state index contributed by atoms with van der Waals surface area (Å²) in [5, 5.41) is 2.79. The molecule has 1 amide bonds. The first kappa shape index (κ1) is 19.1. The molecule has 3 heterocycles. The van der Waals surface area contributed by atoms with Gasteiger partial charge in [-0.25, -0.2) is 9.37 Å². The lowest BCUT2D eigenvalue weighted by Crippen LogP contribution is -2.30. The van der Waals surface area contributed by atoms with E-state index in [0.717, 1.165) is 50.7 Å². The van der Waals surface area contributed by atoms with Crippen molar-refractivity contribution in [3.8, 4) is 0 Å². The summed E-state index contributed by atoms with van der Waals surface area (Å²) >= 11 is 0. The number of hydrogen-bond donors (Lipinski definition) is 1. The molecule has 1 aromatic carbocycles. The van der Waals surface area contributed by atoms with Crippen LogP contribution < -0.4 is 10.2 Å². The standard InChI is InChI=1S/C22H23FN4O2/c23-18-6-4-17(5-7-18)22(28)25-19-8-9-21(24-15-19)27-11-2-10-26(12-13-27)16-20-3-1-14-29-20/h1,3-9,14-15H,2,10-13,16H2,(H,25,28). The summed E-state index contributed by atoms with van der Waals surface area (Å²) in [6.45, 7) is 4.59. The van der Waals surface area contributed by atoms with Gasteiger partial charge in [0, 0.05) is 31.7 Å². The Labute approximate surface area is 169 Å². The predicted octanol–water partition coefficient (Wildman–Crippen LogP) is 3.78. The molecule has 0 bridgehead atoms. The van der Waals surface area contributed by atoms with Crippen molar-refractivity contribution in [3.63, 3.8) is 0 Å². The monoisotopic (exact) mass is 394 g/mol. The molecule has 2 aromatic heterocycles. The number of anilines is 2. The molecule has 7 heteroatoms. The number of rotatable bonds is 5. The van der Waals surface area contributed by atoms with E-state index in [-0.39, 0.29) is 11.7 Å². The second-order valence-electron chi connectivity index (χ2n) is 7.06. The number of furan rings is 1. The number of halogens is 1. The van der Waals surface area contributed by atoms with Gasteiger partial charge in [0.15, 0.2) is 0 Å². The zero-order chi connectivity index (χ0) is 20.1. The van der Waals surface area contributed by atoms with Crippen molar-refractivity contribution in [1.82, 2.24) is 9.88 Å². The molecule has 1 aliphatic heterocycles. The van der Waals surface area contributed by atoms with Crippen LogP contribution in [-0.4, -0.2) is 42.0 Å². The average Bonchev–Trinajstić information content (AvgIpc) is 3.13. The van der Waals surface area contributed by atoms with E-state index in [1.165, 1.54) is 24.3 Å². The smallest absolute Gasteiger partial charge is 0.255 e. The SMILES string of the molecule is O=C(Nc1ccc(N2CCCN(Cc3ccco3)CC2)nc1)c1ccc(F)cc1. The van der Waals surface area contributed by atoms with Crippen molar-refractivity contribution in [2.45, 2.75) is 13.0 Å². The van der Waals surface area contributed by atoms with E-state index in [9.17, 15) is 9.18 Å². The van der Waals surface area contributed by atoms with E-state index in [1.54, 1.807) is 12.5 Å². The number of amides is 1. The van der Waals surface area contributed by atoms with E-state index < -0.39 is 0 Å². The molecular weight excluding hydrogens is 371 g/mol. The molecule has 3 aromatic rings. The molecule has 4 rings (SSSR count). The van der Waals surface area contributed by atoms with Crippen molar-refractivity contribution >= 4 is 17.4 Å². The zero-order valence-corrected chi connectivity index (χ0v) is 16.1. The summed E-state index contributed by atoms with van der Waals surface area (Å²) in [6, 6.07) is 13.1. The van der Waals surface area contributed by atoms with E-state index >= 15 is 0 Å². The molecule has 0 radical (unpaired) electrons. The summed E-state index contributed by atoms with van der Waals surface area (Å²) < 4.78 is 18.4. The molecular formula is C22H23FN4O2. The molecule has 0 saturated carbocycles. The number of pyridine rings is 1. The third kappa shape index (κ3) is 5.00. The van der Waals surface area contributed by atoms with Crippen LogP contribution in [0.4, 0.5) is 15.9 Å². The molecule has 6 nitrogen and oxygen atoms in total. The van der Waals surface area contributed by atoms with Crippen LogP contribution in [0.2, 0.25) is 0 Å². The van der Waals surface area contributed by atoms with Gasteiger partial charge in [-0.2, -0.15) is 0 Å². The zero-order valence-electron chi connectivity index (χ0n) is 16.1. The Morgan fingerprint density at radius 2 is 1.93 bits per heavy atom. The summed E-state index contributed by atoms with van der Waals surface area (Å²) in [4.78, 5) is 21.4. The first-order chi connectivity index (χ1) is 14.2. The lowest BCUT2D eigenvalue weighted by atomic mass is 10.2. The van der Waals surface area contributed by atoms with E-state index in [1.807, 2.05) is 24.3 Å². The minimum atomic E-state index is -0.368. The molecule has 1 saturated heterocycles. The Hall–Kier alpha value is -3.19. The van der Waals surface area contributed by atoms with Gasteiger partial charge in [-0.3, -0.25) is 9.69 Å². The van der Waals surface area contributed by atoms with Crippen molar-refractivity contribution < 1.29 is 13.6 Å². The Morgan fingerprint density at radius 1 is 1.07 bits per heavy atom. The molecule has 29 heavy (non-hydrogen) atoms. The lowest BCUT2D eigenvalue weighted by molar-refractivity contribution is 0.102. The van der Waals surface area contributed by atoms with Crippen LogP contribution in [0.25, 0.3) is 0 Å². The average molecular weight is 394 g/mol. The summed E-state index contributed by atoms with van der Waals surface area (Å²) in [5.41, 5.74) is 1.01. The number of carbonyl (C=O) groups is 1. The number of nitrogens with one attached hydrogen (secondary N) is 1.